The molecule has 1 aromatic carbocycles. The Balaban J connectivity index is 2.31. The van der Waals surface area contributed by atoms with Gasteiger partial charge in [0.25, 0.3) is 0 Å². The minimum Gasteiger partial charge on any atom is -0.459 e. The predicted molar refractivity (Wildman–Crippen MR) is 83.2 cm³/mol. The van der Waals surface area contributed by atoms with Crippen LogP contribution in [0.2, 0.25) is 5.02 Å². The van der Waals surface area contributed by atoms with E-state index in [2.05, 4.69) is 0 Å². The lowest BCUT2D eigenvalue weighted by molar-refractivity contribution is -0.144. The van der Waals surface area contributed by atoms with Gasteiger partial charge in [-0.3, -0.25) is 4.79 Å². The summed E-state index contributed by atoms with van der Waals surface area (Å²) in [5.74, 6) is -1.03. The molecule has 1 aliphatic rings. The van der Waals surface area contributed by atoms with E-state index in [1.807, 2.05) is 6.07 Å². The molecule has 5 heteroatoms. The molecule has 0 N–H and O–H groups in total. The molecule has 0 atom stereocenters. The monoisotopic (exact) mass is 317 g/mol. The molecule has 1 aliphatic carbocycles. The molecular formula is C17H16ClNO3. The molecule has 0 saturated heterocycles. The van der Waals surface area contributed by atoms with Crippen molar-refractivity contribution in [3.05, 3.63) is 39.9 Å². The van der Waals surface area contributed by atoms with Crippen molar-refractivity contribution in [1.29, 1.82) is 5.26 Å². The summed E-state index contributed by atoms with van der Waals surface area (Å²) in [6.07, 6.45) is 4.98. The van der Waals surface area contributed by atoms with Gasteiger partial charge >= 0.3 is 5.97 Å². The topological polar surface area (TPSA) is 67.2 Å². The summed E-state index contributed by atoms with van der Waals surface area (Å²) in [7, 11) is 0. The van der Waals surface area contributed by atoms with Crippen LogP contribution in [0.1, 0.15) is 43.7 Å². The van der Waals surface area contributed by atoms with Crippen molar-refractivity contribution in [2.24, 2.45) is 0 Å². The maximum atomic E-state index is 12.2. The third kappa shape index (κ3) is 3.75. The van der Waals surface area contributed by atoms with Gasteiger partial charge in [-0.25, -0.2) is 4.79 Å². The number of nitrogens with zero attached hydrogens (tertiary/aromatic N) is 1. The average molecular weight is 318 g/mol. The number of esters is 1. The van der Waals surface area contributed by atoms with Crippen molar-refractivity contribution in [3.63, 3.8) is 0 Å². The molecule has 0 bridgehead atoms. The molecule has 0 heterocycles. The quantitative estimate of drug-likeness (QED) is 0.368. The van der Waals surface area contributed by atoms with E-state index in [1.165, 1.54) is 13.0 Å². The van der Waals surface area contributed by atoms with E-state index in [0.717, 1.165) is 25.7 Å². The third-order valence-electron chi connectivity index (χ3n) is 3.63. The summed E-state index contributed by atoms with van der Waals surface area (Å²) >= 11 is 5.96. The molecule has 0 aliphatic heterocycles. The van der Waals surface area contributed by atoms with E-state index in [1.54, 1.807) is 18.2 Å². The zero-order valence-corrected chi connectivity index (χ0v) is 13.0. The number of benzene rings is 1. The van der Waals surface area contributed by atoms with Crippen molar-refractivity contribution in [2.75, 3.05) is 0 Å². The Bertz CT molecular complexity index is 667. The number of hydrogen-bond acceptors (Lipinski definition) is 4. The van der Waals surface area contributed by atoms with Crippen LogP contribution in [0.4, 0.5) is 0 Å². The number of carbonyl (C=O) groups excluding carboxylic acids is 2. The Morgan fingerprint density at radius 1 is 1.36 bits per heavy atom. The molecule has 22 heavy (non-hydrogen) atoms. The van der Waals surface area contributed by atoms with E-state index in [4.69, 9.17) is 21.6 Å². The molecule has 1 aromatic rings. The van der Waals surface area contributed by atoms with Gasteiger partial charge in [-0.1, -0.05) is 23.7 Å². The lowest BCUT2D eigenvalue weighted by Gasteiger charge is -2.12. The second kappa shape index (κ2) is 7.24. The third-order valence-corrected chi connectivity index (χ3v) is 3.95. The first-order valence-corrected chi connectivity index (χ1v) is 7.53. The Labute approximate surface area is 134 Å². The molecule has 0 radical (unpaired) electrons. The molecule has 0 spiro atoms. The second-order valence-corrected chi connectivity index (χ2v) is 5.65. The van der Waals surface area contributed by atoms with Crippen LogP contribution in [0, 0.1) is 11.3 Å². The van der Waals surface area contributed by atoms with Crippen LogP contribution >= 0.6 is 11.6 Å². The Morgan fingerprint density at radius 3 is 2.64 bits per heavy atom. The van der Waals surface area contributed by atoms with E-state index in [-0.39, 0.29) is 22.3 Å². The first-order chi connectivity index (χ1) is 10.5. The zero-order valence-electron chi connectivity index (χ0n) is 12.3. The average Bonchev–Trinajstić information content (AvgIpc) is 2.97. The van der Waals surface area contributed by atoms with Crippen LogP contribution in [-0.2, 0) is 14.3 Å². The number of ether oxygens (including phenoxy) is 1. The number of carbonyl (C=O) groups is 2. The highest BCUT2D eigenvalue weighted by atomic mass is 35.5. The van der Waals surface area contributed by atoms with Gasteiger partial charge in [0.05, 0.1) is 10.6 Å². The van der Waals surface area contributed by atoms with Crippen molar-refractivity contribution < 1.29 is 14.3 Å². The lowest BCUT2D eigenvalue weighted by Crippen LogP contribution is -2.19. The molecule has 0 aromatic heterocycles. The Kier molecular flexibility index (Phi) is 5.35. The van der Waals surface area contributed by atoms with E-state index >= 15 is 0 Å². The Morgan fingerprint density at radius 2 is 2.05 bits per heavy atom. The fraction of sp³-hybridized carbons (Fsp3) is 0.353. The molecule has 1 fully saturated rings. The minimum absolute atomic E-state index is 0.0642. The highest BCUT2D eigenvalue weighted by Gasteiger charge is 2.23. The smallest absolute Gasteiger partial charge is 0.342 e. The molecule has 1 saturated carbocycles. The number of rotatable bonds is 4. The summed E-state index contributed by atoms with van der Waals surface area (Å²) in [4.78, 5) is 24.0. The fourth-order valence-corrected chi connectivity index (χ4v) is 2.68. The van der Waals surface area contributed by atoms with E-state index in [9.17, 15) is 9.59 Å². The van der Waals surface area contributed by atoms with Crippen LogP contribution in [-0.4, -0.2) is 17.9 Å². The highest BCUT2D eigenvalue weighted by Crippen LogP contribution is 2.24. The van der Waals surface area contributed by atoms with E-state index in [0.29, 0.717) is 5.56 Å². The van der Waals surface area contributed by atoms with Crippen molar-refractivity contribution in [3.8, 4) is 6.07 Å². The van der Waals surface area contributed by atoms with Crippen LogP contribution < -0.4 is 0 Å². The maximum Gasteiger partial charge on any atom is 0.342 e. The van der Waals surface area contributed by atoms with Gasteiger partial charge in [0.2, 0.25) is 0 Å². The molecule has 4 nitrogen and oxygen atoms in total. The van der Waals surface area contributed by atoms with Gasteiger partial charge in [0, 0.05) is 0 Å². The van der Waals surface area contributed by atoms with Gasteiger partial charge in [-0.15, -0.1) is 0 Å². The Hall–Kier alpha value is -2.12. The van der Waals surface area contributed by atoms with E-state index < -0.39 is 11.8 Å². The molecular weight excluding hydrogens is 302 g/mol. The normalized spacial score (nSPS) is 15.4. The first kappa shape index (κ1) is 16.3. The van der Waals surface area contributed by atoms with Crippen LogP contribution in [0.3, 0.4) is 0 Å². The maximum absolute atomic E-state index is 12.2. The number of hydrogen-bond donors (Lipinski definition) is 0. The lowest BCUT2D eigenvalue weighted by atomic mass is 10.0. The van der Waals surface area contributed by atoms with Gasteiger partial charge in [0.1, 0.15) is 17.7 Å². The summed E-state index contributed by atoms with van der Waals surface area (Å²) in [6.45, 7) is 1.30. The van der Waals surface area contributed by atoms with Gasteiger partial charge in [-0.05, 0) is 50.3 Å². The van der Waals surface area contributed by atoms with Crippen LogP contribution in [0.15, 0.2) is 23.8 Å². The van der Waals surface area contributed by atoms with Gasteiger partial charge < -0.3 is 4.74 Å². The molecule has 0 amide bonds. The fourth-order valence-electron chi connectivity index (χ4n) is 2.46. The molecule has 0 unspecified atom stereocenters. The molecule has 2 rings (SSSR count). The van der Waals surface area contributed by atoms with Crippen molar-refractivity contribution >= 4 is 29.4 Å². The van der Waals surface area contributed by atoms with Crippen LogP contribution in [0.25, 0.3) is 6.08 Å². The SMILES string of the molecule is CC(=O)C(=Cc1cccc(Cl)c1C#N)C(=O)OC1CCCC1. The van der Waals surface area contributed by atoms with Crippen molar-refractivity contribution in [2.45, 2.75) is 38.7 Å². The first-order valence-electron chi connectivity index (χ1n) is 7.15. The number of nitriles is 1. The standard InChI is InChI=1S/C17H16ClNO3/c1-11(20)14(17(21)22-13-6-2-3-7-13)9-12-5-4-8-16(18)15(12)10-19/h4-5,8-9,13H,2-3,6-7H2,1H3. The summed E-state index contributed by atoms with van der Waals surface area (Å²) in [5, 5.41) is 9.44. The van der Waals surface area contributed by atoms with Gasteiger partial charge in [0.15, 0.2) is 5.78 Å². The number of ketones is 1. The second-order valence-electron chi connectivity index (χ2n) is 5.24. The predicted octanol–water partition coefficient (Wildman–Crippen LogP) is 3.67. The zero-order chi connectivity index (χ0) is 16.1. The number of Topliss-reactive ketones (excluding diaryl/α,β-unsaturated/α-hetero) is 1. The minimum atomic E-state index is -0.636. The highest BCUT2D eigenvalue weighted by molar-refractivity contribution is 6.32. The summed E-state index contributed by atoms with van der Waals surface area (Å²) < 4.78 is 5.37. The summed E-state index contributed by atoms with van der Waals surface area (Å²) in [5.41, 5.74) is 0.603. The largest absolute Gasteiger partial charge is 0.459 e. The summed E-state index contributed by atoms with van der Waals surface area (Å²) in [6, 6.07) is 6.86. The van der Waals surface area contributed by atoms with Crippen molar-refractivity contribution in [1.82, 2.24) is 0 Å². The molecule has 114 valence electrons. The van der Waals surface area contributed by atoms with Crippen LogP contribution in [0.5, 0.6) is 0 Å². The van der Waals surface area contributed by atoms with Gasteiger partial charge in [-0.2, -0.15) is 5.26 Å². The number of halogens is 1.